The first-order valence-electron chi connectivity index (χ1n) is 8.00. The molecule has 0 fully saturated rings. The summed E-state index contributed by atoms with van der Waals surface area (Å²) in [6.45, 7) is 8.26. The molecule has 0 aliphatic carbocycles. The van der Waals surface area contributed by atoms with E-state index in [-0.39, 0.29) is 16.7 Å². The lowest BCUT2D eigenvalue weighted by Crippen LogP contribution is -2.25. The van der Waals surface area contributed by atoms with Crippen molar-refractivity contribution in [1.82, 2.24) is 0 Å². The van der Waals surface area contributed by atoms with Crippen LogP contribution in [0.4, 0.5) is 0 Å². The number of carbonyl (C=O) groups is 1. The Morgan fingerprint density at radius 2 is 1.50 bits per heavy atom. The summed E-state index contributed by atoms with van der Waals surface area (Å²) in [5.74, 6) is 0. The summed E-state index contributed by atoms with van der Waals surface area (Å²) < 4.78 is 25.3. The van der Waals surface area contributed by atoms with Crippen molar-refractivity contribution in [2.75, 3.05) is 0 Å². The molecule has 4 heteroatoms. The third kappa shape index (κ3) is 4.12. The minimum absolute atomic E-state index is 0.0383. The summed E-state index contributed by atoms with van der Waals surface area (Å²) in [5.41, 5.74) is 3.04. The molecule has 0 aliphatic heterocycles. The number of rotatable bonds is 5. The van der Waals surface area contributed by atoms with E-state index in [0.717, 1.165) is 11.1 Å². The standard InChI is InChI=1S/C20H24O3S/c1-15-5-11-18(12-6-15)24(22,23)19(14-21)13-16-7-9-17(10-8-16)20(2,3)4/h5-12,14,19H,13H2,1-4H3. The van der Waals surface area contributed by atoms with Gasteiger partial charge in [0.15, 0.2) is 9.84 Å². The van der Waals surface area contributed by atoms with E-state index in [2.05, 4.69) is 20.8 Å². The largest absolute Gasteiger partial charge is 0.302 e. The SMILES string of the molecule is Cc1ccc(S(=O)(=O)C(C=O)Cc2ccc(C(C)(C)C)cc2)cc1. The van der Waals surface area contributed by atoms with E-state index in [1.807, 2.05) is 31.2 Å². The van der Waals surface area contributed by atoms with Crippen LogP contribution in [0.5, 0.6) is 0 Å². The Labute approximate surface area is 144 Å². The van der Waals surface area contributed by atoms with Gasteiger partial charge in [0.05, 0.1) is 4.90 Å². The molecule has 128 valence electrons. The number of hydrogen-bond donors (Lipinski definition) is 0. The monoisotopic (exact) mass is 344 g/mol. The maximum Gasteiger partial charge on any atom is 0.188 e. The smallest absolute Gasteiger partial charge is 0.188 e. The van der Waals surface area contributed by atoms with Gasteiger partial charge in [0.25, 0.3) is 0 Å². The third-order valence-electron chi connectivity index (χ3n) is 4.16. The average Bonchev–Trinajstić information content (AvgIpc) is 2.52. The van der Waals surface area contributed by atoms with Crippen molar-refractivity contribution in [1.29, 1.82) is 0 Å². The fraction of sp³-hybridized carbons (Fsp3) is 0.350. The molecule has 0 amide bonds. The molecule has 2 aromatic rings. The second-order valence-corrected chi connectivity index (χ2v) is 9.35. The summed E-state index contributed by atoms with van der Waals surface area (Å²) >= 11 is 0. The molecule has 3 nitrogen and oxygen atoms in total. The van der Waals surface area contributed by atoms with Crippen LogP contribution >= 0.6 is 0 Å². The second-order valence-electron chi connectivity index (χ2n) is 7.18. The fourth-order valence-electron chi connectivity index (χ4n) is 2.51. The van der Waals surface area contributed by atoms with Gasteiger partial charge in [0, 0.05) is 0 Å². The lowest BCUT2D eigenvalue weighted by molar-refractivity contribution is -0.107. The van der Waals surface area contributed by atoms with Crippen molar-refractivity contribution in [3.8, 4) is 0 Å². The highest BCUT2D eigenvalue weighted by atomic mass is 32.2. The van der Waals surface area contributed by atoms with Gasteiger partial charge in [-0.15, -0.1) is 0 Å². The maximum absolute atomic E-state index is 12.7. The first kappa shape index (κ1) is 18.4. The molecule has 0 aromatic heterocycles. The van der Waals surface area contributed by atoms with Crippen molar-refractivity contribution in [3.05, 3.63) is 65.2 Å². The molecule has 0 heterocycles. The molecular formula is C20H24O3S. The lowest BCUT2D eigenvalue weighted by atomic mass is 9.86. The normalized spacial score (nSPS) is 13.5. The summed E-state index contributed by atoms with van der Waals surface area (Å²) in [5, 5.41) is -1.07. The van der Waals surface area contributed by atoms with Gasteiger partial charge in [-0.1, -0.05) is 62.7 Å². The number of aldehydes is 1. The van der Waals surface area contributed by atoms with Crippen molar-refractivity contribution in [2.24, 2.45) is 0 Å². The molecule has 0 radical (unpaired) electrons. The molecule has 0 N–H and O–H groups in total. The topological polar surface area (TPSA) is 51.2 Å². The van der Waals surface area contributed by atoms with Crippen LogP contribution in [0.1, 0.15) is 37.5 Å². The fourth-order valence-corrected chi connectivity index (χ4v) is 3.93. The quantitative estimate of drug-likeness (QED) is 0.774. The highest BCUT2D eigenvalue weighted by Crippen LogP contribution is 2.24. The van der Waals surface area contributed by atoms with Gasteiger partial charge in [-0.25, -0.2) is 8.42 Å². The van der Waals surface area contributed by atoms with E-state index in [0.29, 0.717) is 6.29 Å². The van der Waals surface area contributed by atoms with Crippen LogP contribution in [0.2, 0.25) is 0 Å². The van der Waals surface area contributed by atoms with Gasteiger partial charge in [0.2, 0.25) is 0 Å². The summed E-state index contributed by atoms with van der Waals surface area (Å²) in [6.07, 6.45) is 0.719. The predicted molar refractivity (Wildman–Crippen MR) is 97.1 cm³/mol. The zero-order chi connectivity index (χ0) is 18.0. The summed E-state index contributed by atoms with van der Waals surface area (Å²) in [6, 6.07) is 14.4. The minimum atomic E-state index is -3.67. The van der Waals surface area contributed by atoms with Crippen LogP contribution < -0.4 is 0 Å². The Balaban J connectivity index is 2.25. The van der Waals surface area contributed by atoms with Crippen LogP contribution in [0.3, 0.4) is 0 Å². The molecule has 24 heavy (non-hydrogen) atoms. The number of sulfone groups is 1. The molecule has 1 atom stereocenters. The van der Waals surface area contributed by atoms with Crippen molar-refractivity contribution in [2.45, 2.75) is 49.7 Å². The van der Waals surface area contributed by atoms with Gasteiger partial charge in [-0.05, 0) is 42.0 Å². The average molecular weight is 344 g/mol. The predicted octanol–water partition coefficient (Wildman–Crippen LogP) is 3.88. The molecule has 0 bridgehead atoms. The van der Waals surface area contributed by atoms with E-state index in [9.17, 15) is 13.2 Å². The first-order chi connectivity index (χ1) is 11.1. The number of benzene rings is 2. The summed E-state index contributed by atoms with van der Waals surface area (Å²) in [4.78, 5) is 11.6. The Bertz CT molecular complexity index is 795. The van der Waals surface area contributed by atoms with E-state index in [1.165, 1.54) is 5.56 Å². The summed E-state index contributed by atoms with van der Waals surface area (Å²) in [7, 11) is -3.67. The Kier molecular flexibility index (Phi) is 5.29. The van der Waals surface area contributed by atoms with E-state index >= 15 is 0 Å². The van der Waals surface area contributed by atoms with Crippen LogP contribution in [0, 0.1) is 6.92 Å². The molecule has 2 aromatic carbocycles. The molecule has 0 aliphatic rings. The Morgan fingerprint density at radius 1 is 0.958 bits per heavy atom. The zero-order valence-corrected chi connectivity index (χ0v) is 15.4. The van der Waals surface area contributed by atoms with Gasteiger partial charge < -0.3 is 4.79 Å². The zero-order valence-electron chi connectivity index (χ0n) is 14.6. The molecule has 1 unspecified atom stereocenters. The lowest BCUT2D eigenvalue weighted by Gasteiger charge is -2.19. The maximum atomic E-state index is 12.7. The molecule has 0 saturated heterocycles. The second kappa shape index (κ2) is 6.89. The highest BCUT2D eigenvalue weighted by molar-refractivity contribution is 7.92. The molecule has 0 saturated carbocycles. The molecule has 0 spiro atoms. The van der Waals surface area contributed by atoms with Gasteiger partial charge in [0.1, 0.15) is 11.5 Å². The van der Waals surface area contributed by atoms with Gasteiger partial charge in [-0.2, -0.15) is 0 Å². The van der Waals surface area contributed by atoms with Gasteiger partial charge >= 0.3 is 0 Å². The molecule has 2 rings (SSSR count). The number of aryl methyl sites for hydroxylation is 1. The van der Waals surface area contributed by atoms with E-state index in [4.69, 9.17) is 0 Å². The minimum Gasteiger partial charge on any atom is -0.302 e. The van der Waals surface area contributed by atoms with Crippen LogP contribution in [-0.2, 0) is 26.5 Å². The number of hydrogen-bond acceptors (Lipinski definition) is 3. The van der Waals surface area contributed by atoms with E-state index in [1.54, 1.807) is 24.3 Å². The van der Waals surface area contributed by atoms with Crippen LogP contribution in [-0.4, -0.2) is 20.0 Å². The van der Waals surface area contributed by atoms with E-state index < -0.39 is 15.1 Å². The van der Waals surface area contributed by atoms with Crippen molar-refractivity contribution in [3.63, 3.8) is 0 Å². The van der Waals surface area contributed by atoms with Crippen LogP contribution in [0.15, 0.2) is 53.4 Å². The third-order valence-corrected chi connectivity index (χ3v) is 6.16. The van der Waals surface area contributed by atoms with Crippen LogP contribution in [0.25, 0.3) is 0 Å². The first-order valence-corrected chi connectivity index (χ1v) is 9.54. The van der Waals surface area contributed by atoms with Crippen molar-refractivity contribution >= 4 is 16.1 Å². The van der Waals surface area contributed by atoms with Gasteiger partial charge in [-0.3, -0.25) is 0 Å². The molecular weight excluding hydrogens is 320 g/mol. The highest BCUT2D eigenvalue weighted by Gasteiger charge is 2.27. The number of carbonyl (C=O) groups excluding carboxylic acids is 1. The van der Waals surface area contributed by atoms with Crippen molar-refractivity contribution < 1.29 is 13.2 Å². The Hall–Kier alpha value is -1.94. The Morgan fingerprint density at radius 3 is 1.96 bits per heavy atom.